The third-order valence-corrected chi connectivity index (χ3v) is 8.51. The maximum atomic E-state index is 11.5. The van der Waals surface area contributed by atoms with Crippen molar-refractivity contribution in [2.45, 2.75) is 44.2 Å². The molecule has 1 aliphatic heterocycles. The van der Waals surface area contributed by atoms with Crippen LogP contribution in [0, 0.1) is 25.2 Å². The first-order valence-corrected chi connectivity index (χ1v) is 15.2. The van der Waals surface area contributed by atoms with Gasteiger partial charge in [0.1, 0.15) is 10.4 Å². The lowest BCUT2D eigenvalue weighted by Crippen LogP contribution is -2.39. The van der Waals surface area contributed by atoms with E-state index in [9.17, 15) is 8.42 Å². The van der Waals surface area contributed by atoms with E-state index >= 15 is 0 Å². The highest BCUT2D eigenvalue weighted by atomic mass is 32.2. The van der Waals surface area contributed by atoms with Gasteiger partial charge >= 0.3 is 0 Å². The van der Waals surface area contributed by atoms with E-state index < -0.39 is 10.0 Å². The number of thiazole rings is 1. The van der Waals surface area contributed by atoms with Gasteiger partial charge in [0.15, 0.2) is 5.65 Å². The standard InChI is InChI=1S/C28H29N7O3S2/c1-18-14-21(4-3-11-29)15-19(2)24(18)38-27-25-26(31-17-39-25)33-28(34-27)32-22-9-12-35(13-10-22)16-20-5-7-23(8-6-20)40(30,36)37/h3-8,14-15,17,22H,9-10,12-13,16H2,1-2H3,(H2,30,36,37)(H,32,33,34)/b4-3+. The van der Waals surface area contributed by atoms with Crippen molar-refractivity contribution in [3.05, 3.63) is 70.2 Å². The van der Waals surface area contributed by atoms with E-state index in [4.69, 9.17) is 20.1 Å². The molecule has 2 aromatic heterocycles. The molecule has 206 valence electrons. The van der Waals surface area contributed by atoms with Gasteiger partial charge in [-0.1, -0.05) is 12.1 Å². The van der Waals surface area contributed by atoms with Gasteiger partial charge in [0.05, 0.1) is 16.5 Å². The van der Waals surface area contributed by atoms with Crippen LogP contribution < -0.4 is 15.2 Å². The number of primary sulfonamides is 1. The van der Waals surface area contributed by atoms with Gasteiger partial charge in [-0.25, -0.2) is 18.5 Å². The van der Waals surface area contributed by atoms with Gasteiger partial charge in [-0.15, -0.1) is 11.3 Å². The van der Waals surface area contributed by atoms with Crippen molar-refractivity contribution in [1.29, 1.82) is 5.26 Å². The van der Waals surface area contributed by atoms with Gasteiger partial charge in [0.2, 0.25) is 21.9 Å². The van der Waals surface area contributed by atoms with Gasteiger partial charge in [0, 0.05) is 31.8 Å². The molecule has 0 atom stereocenters. The highest BCUT2D eigenvalue weighted by Crippen LogP contribution is 2.35. The first-order chi connectivity index (χ1) is 19.2. The number of nitrogens with zero attached hydrogens (tertiary/aromatic N) is 5. The van der Waals surface area contributed by atoms with Crippen molar-refractivity contribution in [3.63, 3.8) is 0 Å². The average molecular weight is 576 g/mol. The predicted octanol–water partition coefficient (Wildman–Crippen LogP) is 4.76. The number of hydrogen-bond donors (Lipinski definition) is 2. The Labute approximate surface area is 237 Å². The number of likely N-dealkylation sites (tertiary alicyclic amines) is 1. The summed E-state index contributed by atoms with van der Waals surface area (Å²) >= 11 is 1.43. The largest absolute Gasteiger partial charge is 0.437 e. The molecule has 10 nitrogen and oxygen atoms in total. The minimum Gasteiger partial charge on any atom is -0.437 e. The van der Waals surface area contributed by atoms with Crippen molar-refractivity contribution in [2.24, 2.45) is 5.14 Å². The number of aryl methyl sites for hydroxylation is 2. The Balaban J connectivity index is 1.26. The summed E-state index contributed by atoms with van der Waals surface area (Å²) in [5, 5.41) is 17.5. The third kappa shape index (κ3) is 6.46. The average Bonchev–Trinajstić information content (AvgIpc) is 3.39. The zero-order chi connectivity index (χ0) is 28.3. The summed E-state index contributed by atoms with van der Waals surface area (Å²) in [5.74, 6) is 1.66. The van der Waals surface area contributed by atoms with E-state index in [1.165, 1.54) is 17.4 Å². The first kappa shape index (κ1) is 27.7. The Morgan fingerprint density at radius 1 is 1.18 bits per heavy atom. The van der Waals surface area contributed by atoms with Crippen LogP contribution in [0.15, 0.2) is 52.9 Å². The van der Waals surface area contributed by atoms with E-state index in [1.54, 1.807) is 23.7 Å². The van der Waals surface area contributed by atoms with Crippen molar-refractivity contribution < 1.29 is 13.2 Å². The molecule has 0 unspecified atom stereocenters. The molecule has 40 heavy (non-hydrogen) atoms. The van der Waals surface area contributed by atoms with Crippen LogP contribution in [0.5, 0.6) is 11.6 Å². The first-order valence-electron chi connectivity index (χ1n) is 12.8. The number of benzene rings is 2. The number of nitrogens with one attached hydrogen (secondary N) is 1. The summed E-state index contributed by atoms with van der Waals surface area (Å²) in [6.45, 7) is 6.43. The normalized spacial score (nSPS) is 14.9. The number of allylic oxidation sites excluding steroid dienone is 1. The van der Waals surface area contributed by atoms with Crippen LogP contribution in [-0.4, -0.2) is 47.4 Å². The molecule has 0 amide bonds. The Bertz CT molecular complexity index is 1680. The molecule has 2 aromatic carbocycles. The second-order valence-corrected chi connectivity index (χ2v) is 12.2. The molecular weight excluding hydrogens is 546 g/mol. The van der Waals surface area contributed by atoms with Crippen LogP contribution in [0.2, 0.25) is 0 Å². The number of piperidine rings is 1. The van der Waals surface area contributed by atoms with Crippen LogP contribution in [0.1, 0.15) is 35.1 Å². The SMILES string of the molecule is Cc1cc(/C=C/C#N)cc(C)c1Oc1nc(NC2CCN(Cc3ccc(S(N)(=O)=O)cc3)CC2)nc2ncsc12. The molecule has 5 rings (SSSR count). The summed E-state index contributed by atoms with van der Waals surface area (Å²) < 4.78 is 30.1. The molecule has 1 saturated heterocycles. The lowest BCUT2D eigenvalue weighted by Gasteiger charge is -2.32. The number of fused-ring (bicyclic) bond motifs is 1. The van der Waals surface area contributed by atoms with Gasteiger partial charge in [0.25, 0.3) is 0 Å². The van der Waals surface area contributed by atoms with E-state index in [2.05, 4.69) is 20.2 Å². The highest BCUT2D eigenvalue weighted by molar-refractivity contribution is 7.89. The maximum absolute atomic E-state index is 11.5. The van der Waals surface area contributed by atoms with Crippen LogP contribution in [0.4, 0.5) is 5.95 Å². The number of rotatable bonds is 8. The van der Waals surface area contributed by atoms with E-state index in [0.717, 1.165) is 65.2 Å². The number of nitriles is 1. The fourth-order valence-corrected chi connectivity index (χ4v) is 5.97. The summed E-state index contributed by atoms with van der Waals surface area (Å²) in [4.78, 5) is 16.2. The quantitative estimate of drug-likeness (QED) is 0.284. The number of sulfonamides is 1. The second kappa shape index (κ2) is 11.7. The lowest BCUT2D eigenvalue weighted by atomic mass is 10.0. The Morgan fingerprint density at radius 3 is 2.52 bits per heavy atom. The van der Waals surface area contributed by atoms with Crippen molar-refractivity contribution in [2.75, 3.05) is 18.4 Å². The van der Waals surface area contributed by atoms with E-state index in [1.807, 2.05) is 44.2 Å². The smallest absolute Gasteiger partial charge is 0.243 e. The molecule has 0 spiro atoms. The monoisotopic (exact) mass is 575 g/mol. The fourth-order valence-electron chi connectivity index (χ4n) is 4.80. The molecule has 1 fully saturated rings. The minimum atomic E-state index is -3.69. The summed E-state index contributed by atoms with van der Waals surface area (Å²) in [5.41, 5.74) is 6.17. The van der Waals surface area contributed by atoms with Crippen LogP contribution in [0.3, 0.4) is 0 Å². The molecule has 12 heteroatoms. The number of ether oxygens (including phenoxy) is 1. The lowest BCUT2D eigenvalue weighted by molar-refractivity contribution is 0.211. The van der Waals surface area contributed by atoms with Crippen molar-refractivity contribution in [1.82, 2.24) is 19.9 Å². The summed E-state index contributed by atoms with van der Waals surface area (Å²) in [6, 6.07) is 12.9. The molecule has 1 aliphatic rings. The van der Waals surface area contributed by atoms with Crippen molar-refractivity contribution in [3.8, 4) is 17.7 Å². The topological polar surface area (TPSA) is 147 Å². The van der Waals surface area contributed by atoms with Gasteiger partial charge in [-0.05, 0) is 79.3 Å². The highest BCUT2D eigenvalue weighted by Gasteiger charge is 2.22. The minimum absolute atomic E-state index is 0.120. The molecule has 3 heterocycles. The zero-order valence-electron chi connectivity index (χ0n) is 22.2. The molecule has 0 saturated carbocycles. The number of hydrogen-bond acceptors (Lipinski definition) is 10. The molecular formula is C28H29N7O3S2. The fraction of sp³-hybridized carbons (Fsp3) is 0.286. The molecule has 0 bridgehead atoms. The summed E-state index contributed by atoms with van der Waals surface area (Å²) in [7, 11) is -3.69. The maximum Gasteiger partial charge on any atom is 0.243 e. The molecule has 0 aliphatic carbocycles. The van der Waals surface area contributed by atoms with Crippen LogP contribution >= 0.6 is 11.3 Å². The van der Waals surface area contributed by atoms with Crippen molar-refractivity contribution >= 4 is 43.7 Å². The van der Waals surface area contributed by atoms with Gasteiger partial charge in [-0.3, -0.25) is 4.90 Å². The Morgan fingerprint density at radius 2 is 1.88 bits per heavy atom. The van der Waals surface area contributed by atoms with Crippen LogP contribution in [0.25, 0.3) is 16.4 Å². The van der Waals surface area contributed by atoms with E-state index in [-0.39, 0.29) is 10.9 Å². The Hall–Kier alpha value is -3.89. The molecule has 3 N–H and O–H groups in total. The van der Waals surface area contributed by atoms with Gasteiger partial charge < -0.3 is 10.1 Å². The molecule has 4 aromatic rings. The van der Waals surface area contributed by atoms with E-state index in [0.29, 0.717) is 17.5 Å². The third-order valence-electron chi connectivity index (χ3n) is 6.77. The van der Waals surface area contributed by atoms with Crippen LogP contribution in [-0.2, 0) is 16.6 Å². The predicted molar refractivity (Wildman–Crippen MR) is 156 cm³/mol. The number of anilines is 1. The number of aromatic nitrogens is 3. The molecule has 0 radical (unpaired) electrons. The zero-order valence-corrected chi connectivity index (χ0v) is 23.8. The summed E-state index contributed by atoms with van der Waals surface area (Å²) in [6.07, 6.45) is 5.03. The second-order valence-electron chi connectivity index (χ2n) is 9.79. The van der Waals surface area contributed by atoms with Gasteiger partial charge in [-0.2, -0.15) is 15.2 Å². The Kier molecular flexibility index (Phi) is 8.09. The number of nitrogens with two attached hydrogens (primary N) is 1.